The van der Waals surface area contributed by atoms with Gasteiger partial charge in [-0.05, 0) is 141 Å². The minimum absolute atomic E-state index is 0.0662. The van der Waals surface area contributed by atoms with E-state index in [0.717, 1.165) is 37.7 Å². The molecule has 4 aliphatic rings. The molecular weight excluding hydrogens is 558 g/mol. The first-order valence-electron chi connectivity index (χ1n) is 17.1. The van der Waals surface area contributed by atoms with E-state index in [2.05, 4.69) is 65.5 Å². The zero-order valence-corrected chi connectivity index (χ0v) is 28.9. The van der Waals surface area contributed by atoms with Crippen LogP contribution in [0.15, 0.2) is 59.4 Å². The van der Waals surface area contributed by atoms with Crippen molar-refractivity contribution in [3.63, 3.8) is 0 Å². The number of fused-ring (bicyclic) bond motifs is 5. The first-order chi connectivity index (χ1) is 21.0. The van der Waals surface area contributed by atoms with Gasteiger partial charge in [0.05, 0.1) is 23.5 Å². The molecule has 0 aliphatic heterocycles. The number of carboxylic acids is 1. The van der Waals surface area contributed by atoms with E-state index in [-0.39, 0.29) is 39.6 Å². The van der Waals surface area contributed by atoms with E-state index in [9.17, 15) is 20.3 Å². The number of nitriles is 1. The Morgan fingerprint density at radius 1 is 1.09 bits per heavy atom. The number of nitrogens with zero attached hydrogens (tertiary/aromatic N) is 1. The topological polar surface area (TPSA) is 90.5 Å². The number of ether oxygens (including phenoxy) is 1. The molecule has 244 valence electrons. The van der Waals surface area contributed by atoms with Crippen LogP contribution in [0.2, 0.25) is 0 Å². The quantitative estimate of drug-likeness (QED) is 0.182. The lowest BCUT2D eigenvalue weighted by molar-refractivity contribution is -0.233. The molecule has 5 heteroatoms. The van der Waals surface area contributed by atoms with Gasteiger partial charge in [0.15, 0.2) is 0 Å². The maximum absolute atomic E-state index is 12.9. The Balaban J connectivity index is 1.61. The molecule has 2 N–H and O–H groups in total. The second-order valence-electron chi connectivity index (χ2n) is 16.2. The fourth-order valence-electron chi connectivity index (χ4n) is 11.5. The molecule has 4 saturated carbocycles. The zero-order chi connectivity index (χ0) is 33.1. The highest BCUT2D eigenvalue weighted by Crippen LogP contribution is 2.76. The van der Waals surface area contributed by atoms with Crippen LogP contribution in [0.3, 0.4) is 0 Å². The predicted octanol–water partition coefficient (Wildman–Crippen LogP) is 9.12. The van der Waals surface area contributed by atoms with E-state index >= 15 is 0 Å². The summed E-state index contributed by atoms with van der Waals surface area (Å²) < 4.78 is 6.42. The summed E-state index contributed by atoms with van der Waals surface area (Å²) in [5, 5.41) is 32.4. The molecule has 0 aromatic heterocycles. The highest BCUT2D eigenvalue weighted by molar-refractivity contribution is 5.88. The number of carboxylic acid groups (broad SMARTS) is 1. The molecule has 5 rings (SSSR count). The molecule has 4 fully saturated rings. The van der Waals surface area contributed by atoms with E-state index in [1.54, 1.807) is 0 Å². The van der Waals surface area contributed by atoms with Crippen LogP contribution in [0.1, 0.15) is 118 Å². The van der Waals surface area contributed by atoms with Gasteiger partial charge in [0.1, 0.15) is 6.10 Å². The lowest BCUT2D eigenvalue weighted by atomic mass is 9.34. The third-order valence-electron chi connectivity index (χ3n) is 13.8. The van der Waals surface area contributed by atoms with Crippen LogP contribution in [-0.4, -0.2) is 28.4 Å². The van der Waals surface area contributed by atoms with Crippen LogP contribution in [0.5, 0.6) is 0 Å². The van der Waals surface area contributed by atoms with Crippen LogP contribution >= 0.6 is 0 Å². The summed E-state index contributed by atoms with van der Waals surface area (Å²) in [6, 6.07) is 10.5. The molecule has 1 unspecified atom stereocenters. The molecule has 4 aliphatic carbocycles. The molecule has 0 amide bonds. The third-order valence-corrected chi connectivity index (χ3v) is 13.8. The van der Waals surface area contributed by atoms with Gasteiger partial charge in [-0.25, -0.2) is 4.79 Å². The van der Waals surface area contributed by atoms with Gasteiger partial charge in [-0.1, -0.05) is 65.0 Å². The number of hydrogen-bond donors (Lipinski definition) is 2. The first kappa shape index (κ1) is 33.5. The van der Waals surface area contributed by atoms with Crippen LogP contribution in [-0.2, 0) is 14.9 Å². The molecule has 45 heavy (non-hydrogen) atoms. The summed E-state index contributed by atoms with van der Waals surface area (Å²) >= 11 is 0. The zero-order valence-electron chi connectivity index (χ0n) is 28.9. The Morgan fingerprint density at radius 2 is 1.76 bits per heavy atom. The maximum Gasteiger partial charge on any atom is 0.331 e. The van der Waals surface area contributed by atoms with Crippen molar-refractivity contribution >= 4 is 5.97 Å². The number of hydrogen-bond acceptors (Lipinski definition) is 4. The monoisotopic (exact) mass is 613 g/mol. The summed E-state index contributed by atoms with van der Waals surface area (Å²) in [5.74, 6) is 0.606. The Morgan fingerprint density at radius 3 is 2.33 bits per heavy atom. The lowest BCUT2D eigenvalue weighted by Crippen LogP contribution is -2.67. The molecule has 0 heterocycles. The number of carbonyl (C=O) groups is 1. The molecule has 0 spiro atoms. The van der Waals surface area contributed by atoms with Gasteiger partial charge < -0.3 is 14.9 Å². The molecule has 1 aromatic rings. The summed E-state index contributed by atoms with van der Waals surface area (Å²) in [6.07, 6.45) is 7.84. The average molecular weight is 614 g/mol. The molecular formula is C40H55NO4. The van der Waals surface area contributed by atoms with Crippen LogP contribution in [0.25, 0.3) is 0 Å². The Hall–Kier alpha value is -2.84. The highest BCUT2D eigenvalue weighted by atomic mass is 16.5. The van der Waals surface area contributed by atoms with Crippen molar-refractivity contribution in [1.82, 2.24) is 0 Å². The number of aliphatic carboxylic acids is 1. The van der Waals surface area contributed by atoms with E-state index in [4.69, 9.17) is 4.74 Å². The van der Waals surface area contributed by atoms with Crippen molar-refractivity contribution in [2.75, 3.05) is 0 Å². The van der Waals surface area contributed by atoms with Crippen molar-refractivity contribution in [3.8, 4) is 6.07 Å². The largest absolute Gasteiger partial charge is 0.491 e. The highest BCUT2D eigenvalue weighted by Gasteiger charge is 2.72. The van der Waals surface area contributed by atoms with E-state index < -0.39 is 12.1 Å². The van der Waals surface area contributed by atoms with E-state index in [1.807, 2.05) is 32.9 Å². The van der Waals surface area contributed by atoms with Gasteiger partial charge in [-0.3, -0.25) is 0 Å². The SMILES string of the molecule is C=C(C)OC1C[C@@]2(C)[C@@H](C[C@@H](O)[C@H]3[C@@]4(C)CC[C@@H](C)[C@](C)(c5ccc(C#N)cc5)[C@H]4CC[C@@]32C)/C1=C(\CCC=C(C)C)C(=O)O. The fourth-order valence-corrected chi connectivity index (χ4v) is 11.5. The molecule has 0 bridgehead atoms. The van der Waals surface area contributed by atoms with Crippen LogP contribution in [0, 0.1) is 51.2 Å². The predicted molar refractivity (Wildman–Crippen MR) is 179 cm³/mol. The van der Waals surface area contributed by atoms with E-state index in [0.29, 0.717) is 48.0 Å². The van der Waals surface area contributed by atoms with Crippen molar-refractivity contribution < 1.29 is 19.7 Å². The Kier molecular flexibility index (Phi) is 8.75. The Bertz CT molecular complexity index is 1450. The standard InChI is InChI=1S/C40H55NO4/c1-24(2)11-10-12-29(36(43)44)34-30-21-31(42)35-37(6)19-17-26(5)40(9,28-15-13-27(23-41)14-16-28)33(37)18-20-38(35,7)39(30,8)22-32(34)45-25(3)4/h11,13-16,26,30-33,35,42H,3,10,12,17-22H2,1-2,4-9H3,(H,43,44)/b34-29-/t26-,30+,31-,32?,33+,35+,37+,38+,39+,40-/m1/s1. The normalized spacial score (nSPS) is 41.5. The van der Waals surface area contributed by atoms with Crippen LogP contribution in [0.4, 0.5) is 0 Å². The molecule has 10 atom stereocenters. The van der Waals surface area contributed by atoms with Gasteiger partial charge in [-0.15, -0.1) is 0 Å². The number of allylic oxidation sites excluding steroid dienone is 3. The molecule has 1 aromatic carbocycles. The van der Waals surface area contributed by atoms with E-state index in [1.165, 1.54) is 11.1 Å². The van der Waals surface area contributed by atoms with Crippen LogP contribution < -0.4 is 0 Å². The third kappa shape index (κ3) is 5.11. The average Bonchev–Trinajstić information content (AvgIpc) is 3.24. The number of benzene rings is 1. The lowest BCUT2D eigenvalue weighted by Gasteiger charge is -2.71. The van der Waals surface area contributed by atoms with Gasteiger partial charge >= 0.3 is 5.97 Å². The van der Waals surface area contributed by atoms with Crippen molar-refractivity contribution in [1.29, 1.82) is 5.26 Å². The molecule has 5 nitrogen and oxygen atoms in total. The van der Waals surface area contributed by atoms with Crippen molar-refractivity contribution in [3.05, 3.63) is 70.5 Å². The first-order valence-corrected chi connectivity index (χ1v) is 17.1. The van der Waals surface area contributed by atoms with Gasteiger partial charge in [-0.2, -0.15) is 5.26 Å². The number of aliphatic hydroxyl groups excluding tert-OH is 1. The number of aliphatic hydroxyl groups is 1. The summed E-state index contributed by atoms with van der Waals surface area (Å²) in [4.78, 5) is 12.9. The molecule has 0 saturated heterocycles. The Labute approximate surface area is 271 Å². The minimum atomic E-state index is -0.872. The van der Waals surface area contributed by atoms with Gasteiger partial charge in [0, 0.05) is 5.57 Å². The summed E-state index contributed by atoms with van der Waals surface area (Å²) in [5.41, 5.74) is 3.91. The van der Waals surface area contributed by atoms with Crippen molar-refractivity contribution in [2.45, 2.75) is 124 Å². The summed E-state index contributed by atoms with van der Waals surface area (Å²) in [7, 11) is 0. The van der Waals surface area contributed by atoms with Gasteiger partial charge in [0.25, 0.3) is 0 Å². The number of rotatable bonds is 7. The second-order valence-corrected chi connectivity index (χ2v) is 16.2. The summed E-state index contributed by atoms with van der Waals surface area (Å²) in [6.45, 7) is 22.1. The minimum Gasteiger partial charge on any atom is -0.491 e. The second kappa shape index (κ2) is 11.8. The fraction of sp³-hybridized carbons (Fsp3) is 0.650. The maximum atomic E-state index is 12.9. The van der Waals surface area contributed by atoms with Gasteiger partial charge in [0.2, 0.25) is 0 Å². The smallest absolute Gasteiger partial charge is 0.331 e. The van der Waals surface area contributed by atoms with Crippen molar-refractivity contribution in [2.24, 2.45) is 39.9 Å². The molecule has 0 radical (unpaired) electrons.